The van der Waals surface area contributed by atoms with Crippen molar-refractivity contribution in [1.82, 2.24) is 9.88 Å². The molecule has 27 heavy (non-hydrogen) atoms. The van der Waals surface area contributed by atoms with Gasteiger partial charge in [-0.05, 0) is 24.3 Å². The van der Waals surface area contributed by atoms with Gasteiger partial charge in [-0.25, -0.2) is 9.37 Å². The molecule has 0 saturated carbocycles. The summed E-state index contributed by atoms with van der Waals surface area (Å²) in [5.74, 6) is -0.432. The van der Waals surface area contributed by atoms with Gasteiger partial charge >= 0.3 is 0 Å². The number of nitrogens with one attached hydrogen (secondary N) is 1. The molecule has 0 atom stereocenters. The zero-order chi connectivity index (χ0) is 18.6. The number of hydrogen-bond donors (Lipinski definition) is 1. The Bertz CT molecular complexity index is 905. The lowest BCUT2D eigenvalue weighted by molar-refractivity contribution is -0.917. The monoisotopic (exact) mass is 386 g/mol. The van der Waals surface area contributed by atoms with Gasteiger partial charge in [-0.2, -0.15) is 0 Å². The van der Waals surface area contributed by atoms with Crippen molar-refractivity contribution < 1.29 is 18.8 Å². The van der Waals surface area contributed by atoms with Crippen LogP contribution in [0.1, 0.15) is 5.01 Å². The van der Waals surface area contributed by atoms with Crippen molar-refractivity contribution in [3.8, 4) is 5.75 Å². The molecule has 7 heteroatoms. The zero-order valence-corrected chi connectivity index (χ0v) is 15.7. The first-order valence-corrected chi connectivity index (χ1v) is 9.84. The van der Waals surface area contributed by atoms with E-state index in [1.807, 2.05) is 18.2 Å². The second-order valence-electron chi connectivity index (χ2n) is 6.60. The van der Waals surface area contributed by atoms with Crippen molar-refractivity contribution >= 4 is 27.5 Å². The van der Waals surface area contributed by atoms with Crippen LogP contribution >= 0.6 is 11.3 Å². The first kappa shape index (κ1) is 17.9. The van der Waals surface area contributed by atoms with Crippen LogP contribution in [-0.4, -0.2) is 48.6 Å². The van der Waals surface area contributed by atoms with E-state index in [1.165, 1.54) is 21.7 Å². The molecule has 1 aliphatic rings. The normalized spacial score (nSPS) is 15.2. The van der Waals surface area contributed by atoms with Crippen LogP contribution in [0.4, 0.5) is 4.39 Å². The predicted octanol–water partition coefficient (Wildman–Crippen LogP) is 1.74. The molecular formula is C20H21FN3O2S+. The lowest BCUT2D eigenvalue weighted by atomic mass is 10.3. The molecule has 140 valence electrons. The Morgan fingerprint density at radius 1 is 1.15 bits per heavy atom. The third-order valence-corrected chi connectivity index (χ3v) is 5.79. The van der Waals surface area contributed by atoms with Crippen molar-refractivity contribution in [2.24, 2.45) is 0 Å². The minimum absolute atomic E-state index is 0.0997. The Balaban J connectivity index is 1.27. The van der Waals surface area contributed by atoms with Crippen molar-refractivity contribution in [3.05, 3.63) is 59.4 Å². The van der Waals surface area contributed by atoms with E-state index in [4.69, 9.17) is 9.72 Å². The molecule has 1 aromatic heterocycles. The third kappa shape index (κ3) is 4.26. The Labute approximate surface area is 161 Å². The van der Waals surface area contributed by atoms with Gasteiger partial charge in [-0.3, -0.25) is 4.79 Å². The number of benzene rings is 2. The number of hydrogen-bond acceptors (Lipinski definition) is 4. The molecular weight excluding hydrogens is 365 g/mol. The van der Waals surface area contributed by atoms with Crippen molar-refractivity contribution in [2.45, 2.75) is 6.54 Å². The number of fused-ring (bicyclic) bond motifs is 1. The van der Waals surface area contributed by atoms with Gasteiger partial charge in [0.15, 0.2) is 18.2 Å². The largest absolute Gasteiger partial charge is 0.481 e. The summed E-state index contributed by atoms with van der Waals surface area (Å²) in [7, 11) is 0. The molecule has 0 radical (unpaired) electrons. The summed E-state index contributed by atoms with van der Waals surface area (Å²) in [6.45, 7) is 3.86. The van der Waals surface area contributed by atoms with Gasteiger partial charge < -0.3 is 14.5 Å². The smallest absolute Gasteiger partial charge is 0.260 e. The Morgan fingerprint density at radius 2 is 1.89 bits per heavy atom. The highest BCUT2D eigenvalue weighted by Crippen LogP contribution is 2.20. The molecule has 4 rings (SSSR count). The topological polar surface area (TPSA) is 46.9 Å². The molecule has 0 unspecified atom stereocenters. The number of ether oxygens (including phenoxy) is 1. The summed E-state index contributed by atoms with van der Waals surface area (Å²) in [5, 5.41) is 1.13. The van der Waals surface area contributed by atoms with E-state index in [1.54, 1.807) is 28.4 Å². The van der Waals surface area contributed by atoms with Crippen LogP contribution in [0.15, 0.2) is 48.5 Å². The molecule has 5 nitrogen and oxygen atoms in total. The van der Waals surface area contributed by atoms with Crippen LogP contribution in [0.5, 0.6) is 5.75 Å². The minimum atomic E-state index is -0.449. The van der Waals surface area contributed by atoms with E-state index in [0.717, 1.165) is 30.2 Å². The third-order valence-electron chi connectivity index (χ3n) is 4.75. The number of para-hydroxylation sites is 2. The maximum Gasteiger partial charge on any atom is 0.260 e. The highest BCUT2D eigenvalue weighted by Gasteiger charge is 2.25. The molecule has 1 fully saturated rings. The molecule has 0 bridgehead atoms. The average molecular weight is 386 g/mol. The summed E-state index contributed by atoms with van der Waals surface area (Å²) < 4.78 is 20.1. The summed E-state index contributed by atoms with van der Waals surface area (Å²) in [4.78, 5) is 20.2. The lowest BCUT2D eigenvalue weighted by Crippen LogP contribution is -3.13. The van der Waals surface area contributed by atoms with Gasteiger partial charge in [-0.1, -0.05) is 24.3 Å². The Kier molecular flexibility index (Phi) is 5.31. The molecule has 0 aliphatic carbocycles. The van der Waals surface area contributed by atoms with Crippen LogP contribution < -0.4 is 9.64 Å². The van der Waals surface area contributed by atoms with E-state index in [9.17, 15) is 9.18 Å². The number of thiazole rings is 1. The number of nitrogens with zero attached hydrogens (tertiary/aromatic N) is 2. The summed E-state index contributed by atoms with van der Waals surface area (Å²) in [5.41, 5.74) is 1.05. The lowest BCUT2D eigenvalue weighted by Gasteiger charge is -2.31. The number of quaternary nitrogens is 1. The van der Waals surface area contributed by atoms with Gasteiger partial charge in [0, 0.05) is 0 Å². The molecule has 0 spiro atoms. The van der Waals surface area contributed by atoms with E-state index in [-0.39, 0.29) is 18.3 Å². The standard InChI is InChI=1S/C20H20FN3O2S/c21-15-5-1-3-7-17(15)26-14-20(25)24-11-9-23(10-12-24)13-19-22-16-6-2-4-8-18(16)27-19/h1-8H,9-14H2/p+1. The molecule has 2 aromatic carbocycles. The molecule has 2 heterocycles. The maximum absolute atomic E-state index is 13.6. The van der Waals surface area contributed by atoms with Gasteiger partial charge in [0.25, 0.3) is 5.91 Å². The number of rotatable bonds is 5. The number of aromatic nitrogens is 1. The number of carbonyl (C=O) groups is 1. The van der Waals surface area contributed by atoms with Crippen molar-refractivity contribution in [1.29, 1.82) is 0 Å². The van der Waals surface area contributed by atoms with E-state index in [0.29, 0.717) is 13.1 Å². The molecule has 1 aliphatic heterocycles. The first-order valence-electron chi connectivity index (χ1n) is 9.02. The van der Waals surface area contributed by atoms with Crippen LogP contribution in [-0.2, 0) is 11.3 Å². The van der Waals surface area contributed by atoms with Gasteiger partial charge in [0.05, 0.1) is 36.4 Å². The number of amides is 1. The minimum Gasteiger partial charge on any atom is -0.481 e. The number of carbonyl (C=O) groups excluding carboxylic acids is 1. The van der Waals surface area contributed by atoms with Crippen LogP contribution in [0.2, 0.25) is 0 Å². The summed E-state index contributed by atoms with van der Waals surface area (Å²) >= 11 is 1.74. The second kappa shape index (κ2) is 8.02. The zero-order valence-electron chi connectivity index (χ0n) is 14.9. The fourth-order valence-electron chi connectivity index (χ4n) is 3.25. The predicted molar refractivity (Wildman–Crippen MR) is 102 cm³/mol. The van der Waals surface area contributed by atoms with Crippen molar-refractivity contribution in [3.63, 3.8) is 0 Å². The maximum atomic E-state index is 13.6. The highest BCUT2D eigenvalue weighted by atomic mass is 32.1. The van der Waals surface area contributed by atoms with E-state index >= 15 is 0 Å². The summed E-state index contributed by atoms with van der Waals surface area (Å²) in [6, 6.07) is 14.3. The second-order valence-corrected chi connectivity index (χ2v) is 7.72. The summed E-state index contributed by atoms with van der Waals surface area (Å²) in [6.07, 6.45) is 0. The molecule has 1 amide bonds. The Hall–Kier alpha value is -2.51. The fourth-order valence-corrected chi connectivity index (χ4v) is 4.29. The van der Waals surface area contributed by atoms with Crippen molar-refractivity contribution in [2.75, 3.05) is 32.8 Å². The van der Waals surface area contributed by atoms with Crippen LogP contribution in [0.25, 0.3) is 10.2 Å². The quantitative estimate of drug-likeness (QED) is 0.727. The average Bonchev–Trinajstić information content (AvgIpc) is 3.10. The molecule has 1 saturated heterocycles. The molecule has 3 aromatic rings. The highest BCUT2D eigenvalue weighted by molar-refractivity contribution is 7.18. The number of halogens is 1. The fraction of sp³-hybridized carbons (Fsp3) is 0.300. The SMILES string of the molecule is O=C(COc1ccccc1F)N1CC[NH+](Cc2nc3ccccc3s2)CC1. The number of piperazine rings is 1. The van der Waals surface area contributed by atoms with Gasteiger partial charge in [0.1, 0.15) is 11.6 Å². The van der Waals surface area contributed by atoms with Crippen LogP contribution in [0.3, 0.4) is 0 Å². The van der Waals surface area contributed by atoms with Gasteiger partial charge in [0.2, 0.25) is 0 Å². The van der Waals surface area contributed by atoms with E-state index in [2.05, 4.69) is 6.07 Å². The van der Waals surface area contributed by atoms with E-state index < -0.39 is 5.82 Å². The Morgan fingerprint density at radius 3 is 2.67 bits per heavy atom. The molecule has 1 N–H and O–H groups in total. The van der Waals surface area contributed by atoms with Gasteiger partial charge in [-0.15, -0.1) is 11.3 Å². The van der Waals surface area contributed by atoms with Crippen LogP contribution in [0, 0.1) is 5.82 Å². The first-order chi connectivity index (χ1) is 13.2.